The normalized spacial score (nSPS) is 12.2. The highest BCUT2D eigenvalue weighted by Gasteiger charge is 2.30. The van der Waals surface area contributed by atoms with Crippen molar-refractivity contribution in [3.8, 4) is 5.75 Å². The molecule has 7 nitrogen and oxygen atoms in total. The van der Waals surface area contributed by atoms with Crippen LogP contribution in [-0.2, 0) is 16.6 Å². The highest BCUT2D eigenvalue weighted by atomic mass is 32.2. The van der Waals surface area contributed by atoms with Crippen molar-refractivity contribution in [2.75, 3.05) is 10.8 Å². The molecule has 0 spiro atoms. The maximum atomic E-state index is 14.1. The zero-order valence-corrected chi connectivity index (χ0v) is 19.3. The molecule has 33 heavy (non-hydrogen) atoms. The van der Waals surface area contributed by atoms with Gasteiger partial charge in [-0.15, -0.1) is 0 Å². The molecule has 1 atom stereocenters. The Labute approximate surface area is 192 Å². The summed E-state index contributed by atoms with van der Waals surface area (Å²) in [6.45, 7) is 4.64. The molecule has 0 amide bonds. The first kappa shape index (κ1) is 24.2. The van der Waals surface area contributed by atoms with E-state index in [9.17, 15) is 17.6 Å². The molecule has 2 aromatic carbocycles. The number of aromatic carboxylic acids is 1. The summed E-state index contributed by atoms with van der Waals surface area (Å²) in [6, 6.07) is 14.0. The number of carboxylic acids is 1. The number of hydrogen-bond acceptors (Lipinski definition) is 5. The fourth-order valence-corrected chi connectivity index (χ4v) is 4.63. The molecule has 174 valence electrons. The Kier molecular flexibility index (Phi) is 7.33. The average Bonchev–Trinajstić information content (AvgIpc) is 2.78. The summed E-state index contributed by atoms with van der Waals surface area (Å²) in [5.41, 5.74) is 2.74. The van der Waals surface area contributed by atoms with E-state index in [1.54, 1.807) is 36.4 Å². The number of carboxylic acid groups (broad SMARTS) is 1. The summed E-state index contributed by atoms with van der Waals surface area (Å²) in [4.78, 5) is 15.0. The van der Waals surface area contributed by atoms with Crippen LogP contribution in [0.25, 0.3) is 0 Å². The molecular formula is C24H25FN2O5S. The third-order valence-electron chi connectivity index (χ3n) is 5.05. The van der Waals surface area contributed by atoms with Crippen LogP contribution in [0, 0.1) is 13.8 Å². The van der Waals surface area contributed by atoms with Gasteiger partial charge in [-0.1, -0.05) is 18.2 Å². The van der Waals surface area contributed by atoms with E-state index in [-0.39, 0.29) is 28.6 Å². The number of carbonyl (C=O) groups is 1. The molecule has 3 aromatic rings. The first-order chi connectivity index (χ1) is 15.6. The van der Waals surface area contributed by atoms with Crippen LogP contribution in [0.4, 0.5) is 10.1 Å². The number of anilines is 1. The molecule has 9 heteroatoms. The molecule has 0 saturated heterocycles. The lowest BCUT2D eigenvalue weighted by Gasteiger charge is -2.27. The fourth-order valence-electron chi connectivity index (χ4n) is 3.16. The van der Waals surface area contributed by atoms with Gasteiger partial charge in [0.25, 0.3) is 10.0 Å². The predicted octanol–water partition coefficient (Wildman–Crippen LogP) is 4.53. The SMILES string of the molecule is Cc1cc(OCc2ccc(C(=O)O)cc2)c(N(CC(C)F)S(=O)(=O)c2ccccn2)cc1C. The second-order valence-corrected chi connectivity index (χ2v) is 9.49. The molecule has 0 aliphatic heterocycles. The number of ether oxygens (including phenoxy) is 1. The molecule has 1 unspecified atom stereocenters. The van der Waals surface area contributed by atoms with E-state index in [0.29, 0.717) is 5.56 Å². The van der Waals surface area contributed by atoms with Crippen LogP contribution in [0.2, 0.25) is 0 Å². The summed E-state index contributed by atoms with van der Waals surface area (Å²) in [5, 5.41) is 8.86. The van der Waals surface area contributed by atoms with Crippen molar-refractivity contribution >= 4 is 21.7 Å². The minimum absolute atomic E-state index is 0.0675. The maximum Gasteiger partial charge on any atom is 0.335 e. The number of rotatable bonds is 9. The van der Waals surface area contributed by atoms with Gasteiger partial charge in [0, 0.05) is 6.20 Å². The minimum Gasteiger partial charge on any atom is -0.487 e. The van der Waals surface area contributed by atoms with Gasteiger partial charge >= 0.3 is 5.97 Å². The number of sulfonamides is 1. The van der Waals surface area contributed by atoms with Crippen molar-refractivity contribution in [1.29, 1.82) is 0 Å². The van der Waals surface area contributed by atoms with Gasteiger partial charge in [0.05, 0.1) is 17.8 Å². The molecule has 1 aromatic heterocycles. The van der Waals surface area contributed by atoms with Crippen molar-refractivity contribution in [1.82, 2.24) is 4.98 Å². The number of nitrogens with zero attached hydrogens (tertiary/aromatic N) is 2. The van der Waals surface area contributed by atoms with Gasteiger partial charge in [-0.2, -0.15) is 8.42 Å². The first-order valence-electron chi connectivity index (χ1n) is 10.2. The van der Waals surface area contributed by atoms with Crippen LogP contribution in [0.5, 0.6) is 5.75 Å². The van der Waals surface area contributed by atoms with Crippen LogP contribution in [-0.4, -0.2) is 37.2 Å². The zero-order chi connectivity index (χ0) is 24.2. The quantitative estimate of drug-likeness (QED) is 0.492. The van der Waals surface area contributed by atoms with Crippen LogP contribution >= 0.6 is 0 Å². The van der Waals surface area contributed by atoms with E-state index in [2.05, 4.69) is 4.98 Å². The van der Waals surface area contributed by atoms with Gasteiger partial charge in [-0.3, -0.25) is 4.31 Å². The molecular weight excluding hydrogens is 447 g/mol. The van der Waals surface area contributed by atoms with Crippen LogP contribution in [0.15, 0.2) is 65.8 Å². The standard InChI is InChI=1S/C24H25FN2O5S/c1-16-12-21(27(14-18(3)25)33(30,31)23-6-4-5-11-26-23)22(13-17(16)2)32-15-19-7-9-20(10-8-19)24(28)29/h4-13,18H,14-15H2,1-3H3,(H,28,29). The average molecular weight is 473 g/mol. The molecule has 1 heterocycles. The lowest BCUT2D eigenvalue weighted by atomic mass is 10.1. The molecule has 1 N–H and O–H groups in total. The van der Waals surface area contributed by atoms with E-state index >= 15 is 0 Å². The van der Waals surface area contributed by atoms with E-state index < -0.39 is 28.7 Å². The van der Waals surface area contributed by atoms with Gasteiger partial charge in [-0.25, -0.2) is 14.2 Å². The van der Waals surface area contributed by atoms with E-state index in [1.807, 2.05) is 13.8 Å². The van der Waals surface area contributed by atoms with E-state index in [4.69, 9.17) is 9.84 Å². The molecule has 0 saturated carbocycles. The van der Waals surface area contributed by atoms with Crippen molar-refractivity contribution in [3.05, 3.63) is 83.0 Å². The third kappa shape index (κ3) is 5.67. The number of alkyl halides is 1. The van der Waals surface area contributed by atoms with Crippen LogP contribution < -0.4 is 9.04 Å². The number of aryl methyl sites for hydroxylation is 2. The largest absolute Gasteiger partial charge is 0.487 e. The Hall–Kier alpha value is -3.46. The Morgan fingerprint density at radius 1 is 1.12 bits per heavy atom. The van der Waals surface area contributed by atoms with Crippen molar-refractivity contribution in [3.63, 3.8) is 0 Å². The summed E-state index contributed by atoms with van der Waals surface area (Å²) >= 11 is 0. The monoisotopic (exact) mass is 472 g/mol. The predicted molar refractivity (Wildman–Crippen MR) is 123 cm³/mol. The third-order valence-corrected chi connectivity index (χ3v) is 6.74. The lowest BCUT2D eigenvalue weighted by Crippen LogP contribution is -2.36. The number of halogens is 1. The van der Waals surface area contributed by atoms with Gasteiger partial charge < -0.3 is 9.84 Å². The minimum atomic E-state index is -4.16. The Morgan fingerprint density at radius 2 is 1.79 bits per heavy atom. The molecule has 0 radical (unpaired) electrons. The second kappa shape index (κ2) is 9.99. The molecule has 0 fully saturated rings. The van der Waals surface area contributed by atoms with Gasteiger partial charge in [0.1, 0.15) is 18.5 Å². The topological polar surface area (TPSA) is 96.8 Å². The van der Waals surface area contributed by atoms with Gasteiger partial charge in [0.2, 0.25) is 0 Å². The van der Waals surface area contributed by atoms with Crippen molar-refractivity contribution < 1.29 is 27.4 Å². The summed E-state index contributed by atoms with van der Waals surface area (Å²) in [6.07, 6.45) is -0.0794. The Bertz CT molecular complexity index is 1230. The number of aromatic nitrogens is 1. The number of hydrogen-bond donors (Lipinski definition) is 1. The van der Waals surface area contributed by atoms with Crippen LogP contribution in [0.1, 0.15) is 34.0 Å². The highest BCUT2D eigenvalue weighted by Crippen LogP contribution is 2.35. The molecule has 0 bridgehead atoms. The fraction of sp³-hybridized carbons (Fsp3) is 0.250. The molecule has 3 rings (SSSR count). The molecule has 0 aliphatic carbocycles. The first-order valence-corrected chi connectivity index (χ1v) is 11.7. The Morgan fingerprint density at radius 3 is 2.36 bits per heavy atom. The van der Waals surface area contributed by atoms with Crippen LogP contribution in [0.3, 0.4) is 0 Å². The number of pyridine rings is 1. The van der Waals surface area contributed by atoms with Gasteiger partial charge in [0.15, 0.2) is 5.03 Å². The Balaban J connectivity index is 2.02. The summed E-state index contributed by atoms with van der Waals surface area (Å²) in [7, 11) is -4.16. The van der Waals surface area contributed by atoms with E-state index in [1.165, 1.54) is 31.3 Å². The number of benzene rings is 2. The maximum absolute atomic E-state index is 14.1. The van der Waals surface area contributed by atoms with Crippen molar-refractivity contribution in [2.45, 2.75) is 38.6 Å². The molecule has 0 aliphatic rings. The van der Waals surface area contributed by atoms with Crippen molar-refractivity contribution in [2.24, 2.45) is 0 Å². The second-order valence-electron chi connectivity index (χ2n) is 7.68. The zero-order valence-electron chi connectivity index (χ0n) is 18.5. The van der Waals surface area contributed by atoms with Gasteiger partial charge in [-0.05, 0) is 73.9 Å². The summed E-state index contributed by atoms with van der Waals surface area (Å²) < 4.78 is 47.8. The lowest BCUT2D eigenvalue weighted by molar-refractivity contribution is 0.0696. The smallest absolute Gasteiger partial charge is 0.335 e. The summed E-state index contributed by atoms with van der Waals surface area (Å²) in [5.74, 6) is -0.768. The highest BCUT2D eigenvalue weighted by molar-refractivity contribution is 7.92. The van der Waals surface area contributed by atoms with E-state index in [0.717, 1.165) is 15.4 Å².